The van der Waals surface area contributed by atoms with Crippen molar-refractivity contribution < 1.29 is 4.79 Å². The predicted octanol–water partition coefficient (Wildman–Crippen LogP) is 2.67. The molecule has 13 heavy (non-hydrogen) atoms. The van der Waals surface area contributed by atoms with E-state index < -0.39 is 0 Å². The molecule has 70 valence electrons. The number of carbonyl (C=O) groups excluding carboxylic acids is 1. The van der Waals surface area contributed by atoms with E-state index >= 15 is 0 Å². The first-order valence-corrected chi connectivity index (χ1v) is 7.06. The molecule has 1 aromatic heterocycles. The third kappa shape index (κ3) is 1.86. The van der Waals surface area contributed by atoms with Crippen molar-refractivity contribution in [2.45, 2.75) is 27.0 Å². The second-order valence-corrected chi connectivity index (χ2v) is 7.43. The van der Waals surface area contributed by atoms with Crippen LogP contribution in [0.5, 0.6) is 0 Å². The van der Waals surface area contributed by atoms with E-state index in [-0.39, 0.29) is 14.4 Å². The molecule has 0 spiro atoms. The lowest BCUT2D eigenvalue weighted by Gasteiger charge is -2.16. The van der Waals surface area contributed by atoms with E-state index in [1.165, 1.54) is 34.4 Å². The number of rotatable bonds is 1. The summed E-state index contributed by atoms with van der Waals surface area (Å²) in [4.78, 5) is 22.5. The van der Waals surface area contributed by atoms with Gasteiger partial charge in [0.15, 0.2) is 0 Å². The number of thioether (sulfide) groups is 2. The Morgan fingerprint density at radius 2 is 1.92 bits per heavy atom. The molecule has 0 saturated heterocycles. The molecule has 1 aromatic rings. The highest BCUT2D eigenvalue weighted by molar-refractivity contribution is 8.19. The van der Waals surface area contributed by atoms with E-state index in [1.54, 1.807) is 11.8 Å². The third-order valence-electron chi connectivity index (χ3n) is 1.59. The monoisotopic (exact) mass is 250 g/mol. The fourth-order valence-corrected chi connectivity index (χ4v) is 6.34. The minimum Gasteiger partial charge on any atom is -0.286 e. The van der Waals surface area contributed by atoms with Crippen molar-refractivity contribution in [1.82, 2.24) is 0 Å². The normalized spacial score (nSPS) is 21.6. The van der Waals surface area contributed by atoms with Crippen LogP contribution in [0, 0.1) is 0 Å². The minimum absolute atomic E-state index is 0.0442. The van der Waals surface area contributed by atoms with E-state index in [9.17, 15) is 9.59 Å². The van der Waals surface area contributed by atoms with E-state index in [0.29, 0.717) is 0 Å². The van der Waals surface area contributed by atoms with Crippen molar-refractivity contribution in [1.29, 1.82) is 0 Å². The lowest BCUT2D eigenvalue weighted by Crippen LogP contribution is -2.14. The molecule has 1 aliphatic rings. The van der Waals surface area contributed by atoms with Gasteiger partial charge in [0.25, 0.3) is 4.06 Å². The van der Waals surface area contributed by atoms with Crippen LogP contribution < -0.4 is 4.06 Å². The quantitative estimate of drug-likeness (QED) is 0.767. The highest BCUT2D eigenvalue weighted by atomic mass is 32.2. The molecular formula is C7H6O2S4. The maximum absolute atomic E-state index is 11.4. The molecule has 6 heteroatoms. The van der Waals surface area contributed by atoms with Crippen molar-refractivity contribution in [3.05, 3.63) is 8.85 Å². The van der Waals surface area contributed by atoms with Gasteiger partial charge >= 0.3 is 0 Å². The molecule has 1 atom stereocenters. The Labute approximate surface area is 91.7 Å². The molecule has 1 aliphatic heterocycles. The van der Waals surface area contributed by atoms with Gasteiger partial charge in [-0.3, -0.25) is 9.59 Å². The van der Waals surface area contributed by atoms with Crippen molar-refractivity contribution in [3.63, 3.8) is 0 Å². The zero-order valence-electron chi connectivity index (χ0n) is 6.73. The largest absolute Gasteiger partial charge is 0.289 e. The molecular weight excluding hydrogens is 244 g/mol. The Bertz CT molecular complexity index is 391. The Morgan fingerprint density at radius 3 is 2.62 bits per heavy atom. The Balaban J connectivity index is 2.37. The summed E-state index contributed by atoms with van der Waals surface area (Å²) in [6, 6.07) is 0. The van der Waals surface area contributed by atoms with Crippen LogP contribution in [0.1, 0.15) is 13.3 Å². The van der Waals surface area contributed by atoms with Crippen molar-refractivity contribution in [2.24, 2.45) is 0 Å². The topological polar surface area (TPSA) is 34.1 Å². The maximum atomic E-state index is 11.4. The molecule has 2 rings (SSSR count). The second-order valence-electron chi connectivity index (χ2n) is 2.46. The van der Waals surface area contributed by atoms with Crippen LogP contribution in [0.25, 0.3) is 0 Å². The molecule has 2 nitrogen and oxygen atoms in total. The van der Waals surface area contributed by atoms with Gasteiger partial charge in [-0.1, -0.05) is 29.6 Å². The van der Waals surface area contributed by atoms with Gasteiger partial charge in [0.1, 0.15) is 0 Å². The average molecular weight is 250 g/mol. The van der Waals surface area contributed by atoms with Crippen LogP contribution in [0.2, 0.25) is 0 Å². The number of fused-ring (bicyclic) bond motifs is 1. The Kier molecular flexibility index (Phi) is 2.83. The summed E-state index contributed by atoms with van der Waals surface area (Å²) < 4.78 is 2.02. The lowest BCUT2D eigenvalue weighted by molar-refractivity contribution is -0.110. The van der Waals surface area contributed by atoms with Crippen molar-refractivity contribution >= 4 is 51.3 Å². The predicted molar refractivity (Wildman–Crippen MR) is 59.3 cm³/mol. The van der Waals surface area contributed by atoms with Crippen LogP contribution in [-0.4, -0.2) is 10.4 Å². The summed E-state index contributed by atoms with van der Waals surface area (Å²) >= 11 is 5.23. The number of hydrogen-bond donors (Lipinski definition) is 0. The Morgan fingerprint density at radius 1 is 1.23 bits per heavy atom. The van der Waals surface area contributed by atoms with E-state index in [4.69, 9.17) is 0 Å². The molecule has 0 amide bonds. The minimum atomic E-state index is 0.0442. The molecule has 0 N–H and O–H groups in total. The standard InChI is InChI=1S/C7H6O2S4/c1-2-3-4(8)11-6-5(10-3)12-7(9)13-6/h3H,2H2,1H3. The van der Waals surface area contributed by atoms with Gasteiger partial charge in [0, 0.05) is 0 Å². The molecule has 0 aliphatic carbocycles. The third-order valence-corrected chi connectivity index (χ3v) is 7.04. The summed E-state index contributed by atoms with van der Waals surface area (Å²) in [5, 5.41) is 0.233. The van der Waals surface area contributed by atoms with Crippen LogP contribution in [0.15, 0.2) is 13.2 Å². The average Bonchev–Trinajstić information content (AvgIpc) is 2.42. The fraction of sp³-hybridized carbons (Fsp3) is 0.429. The molecule has 0 bridgehead atoms. The summed E-state index contributed by atoms with van der Waals surface area (Å²) in [5.74, 6) is 0. The second kappa shape index (κ2) is 3.76. The Hall–Kier alpha value is 0.220. The van der Waals surface area contributed by atoms with E-state index in [2.05, 4.69) is 0 Å². The molecule has 0 aromatic carbocycles. The van der Waals surface area contributed by atoms with Crippen LogP contribution in [0.4, 0.5) is 0 Å². The summed E-state index contributed by atoms with van der Waals surface area (Å²) in [6.45, 7) is 2.00. The number of hydrogen-bond acceptors (Lipinski definition) is 6. The van der Waals surface area contributed by atoms with E-state index in [0.717, 1.165) is 14.8 Å². The molecule has 2 heterocycles. The highest BCUT2D eigenvalue weighted by Crippen LogP contribution is 2.46. The maximum Gasteiger partial charge on any atom is 0.289 e. The first-order chi connectivity index (χ1) is 6.20. The summed E-state index contributed by atoms with van der Waals surface area (Å²) in [5.41, 5.74) is 0. The first-order valence-electron chi connectivity index (χ1n) is 3.73. The van der Waals surface area contributed by atoms with E-state index in [1.807, 2.05) is 6.92 Å². The zero-order valence-corrected chi connectivity index (χ0v) is 10.00. The smallest absolute Gasteiger partial charge is 0.286 e. The molecule has 1 unspecified atom stereocenters. The van der Waals surface area contributed by atoms with Gasteiger partial charge < -0.3 is 0 Å². The number of carbonyl (C=O) groups is 1. The van der Waals surface area contributed by atoms with Gasteiger partial charge in [-0.25, -0.2) is 0 Å². The van der Waals surface area contributed by atoms with Gasteiger partial charge in [0.05, 0.1) is 13.7 Å². The highest BCUT2D eigenvalue weighted by Gasteiger charge is 2.29. The summed E-state index contributed by atoms with van der Waals surface area (Å²) in [6.07, 6.45) is 0.840. The summed E-state index contributed by atoms with van der Waals surface area (Å²) in [7, 11) is 0. The van der Waals surface area contributed by atoms with Gasteiger partial charge in [-0.15, -0.1) is 11.8 Å². The van der Waals surface area contributed by atoms with Crippen LogP contribution >= 0.6 is 46.2 Å². The zero-order chi connectivity index (χ0) is 9.42. The van der Waals surface area contributed by atoms with Crippen molar-refractivity contribution in [3.8, 4) is 0 Å². The molecule has 0 radical (unpaired) electrons. The fourth-order valence-electron chi connectivity index (χ4n) is 0.975. The molecule has 0 saturated carbocycles. The molecule has 0 fully saturated rings. The van der Waals surface area contributed by atoms with Crippen molar-refractivity contribution in [2.75, 3.05) is 0 Å². The SMILES string of the molecule is CCC1Sc2sc(=O)sc2SC1=O. The van der Waals surface area contributed by atoms with Crippen LogP contribution in [-0.2, 0) is 4.79 Å². The van der Waals surface area contributed by atoms with Gasteiger partial charge in [-0.2, -0.15) is 0 Å². The van der Waals surface area contributed by atoms with Gasteiger partial charge in [-0.05, 0) is 18.2 Å². The van der Waals surface area contributed by atoms with Gasteiger partial charge in [0.2, 0.25) is 5.12 Å². The lowest BCUT2D eigenvalue weighted by atomic mass is 10.4. The first kappa shape index (κ1) is 9.76. The van der Waals surface area contributed by atoms with Crippen LogP contribution in [0.3, 0.4) is 0 Å².